The van der Waals surface area contributed by atoms with Crippen molar-refractivity contribution >= 4 is 28.9 Å². The van der Waals surface area contributed by atoms with Crippen LogP contribution in [0.3, 0.4) is 0 Å². The van der Waals surface area contributed by atoms with Crippen molar-refractivity contribution in [3.8, 4) is 0 Å². The molecule has 2 aromatic rings. The summed E-state index contributed by atoms with van der Waals surface area (Å²) in [6.07, 6.45) is 0. The fourth-order valence-corrected chi connectivity index (χ4v) is 2.86. The summed E-state index contributed by atoms with van der Waals surface area (Å²) in [6.45, 7) is 3.73. The normalized spacial score (nSPS) is 10.5. The molecule has 0 bridgehead atoms. The van der Waals surface area contributed by atoms with E-state index in [1.165, 1.54) is 23.1 Å². The predicted molar refractivity (Wildman–Crippen MR) is 66.6 cm³/mol. The molecule has 0 aromatic carbocycles. The van der Waals surface area contributed by atoms with Crippen molar-refractivity contribution in [1.82, 2.24) is 20.2 Å². The van der Waals surface area contributed by atoms with Crippen LogP contribution in [0.15, 0.2) is 15.6 Å². The number of hydrogen-bond acceptors (Lipinski definition) is 7. The van der Waals surface area contributed by atoms with E-state index in [1.807, 2.05) is 13.8 Å². The fraction of sp³-hybridized carbons (Fsp3) is 0.222. The highest BCUT2D eigenvalue weighted by Gasteiger charge is 2.09. The second-order valence-electron chi connectivity index (χ2n) is 3.28. The Hall–Kier alpha value is -1.54. The molecule has 2 heterocycles. The molecule has 0 amide bonds. The van der Waals surface area contributed by atoms with E-state index in [1.54, 1.807) is 6.07 Å². The minimum Gasteiger partial charge on any atom is -0.382 e. The van der Waals surface area contributed by atoms with Gasteiger partial charge in [0.1, 0.15) is 16.5 Å². The summed E-state index contributed by atoms with van der Waals surface area (Å²) in [4.78, 5) is 8.44. The Kier molecular flexibility index (Phi) is 3.34. The minimum atomic E-state index is -0.0641. The van der Waals surface area contributed by atoms with Crippen LogP contribution < -0.4 is 5.73 Å². The van der Waals surface area contributed by atoms with E-state index >= 15 is 0 Å². The number of nitrogens with two attached hydrogens (primary N) is 1. The zero-order valence-corrected chi connectivity index (χ0v) is 10.9. The maximum absolute atomic E-state index is 7.37. The third kappa shape index (κ3) is 2.98. The monoisotopic (exact) mass is 266 g/mol. The number of aryl methyl sites for hydroxylation is 2. The Bertz CT molecular complexity index is 564. The highest BCUT2D eigenvalue weighted by Crippen LogP contribution is 2.27. The topological polar surface area (TPSA) is 101 Å². The lowest BCUT2D eigenvalue weighted by Gasteiger charge is -2.02. The van der Waals surface area contributed by atoms with E-state index in [4.69, 9.17) is 11.1 Å². The standard InChI is InChI=1S/C9H10N6S2/c1-4-3-6(7(10)11)13-8(12-4)17-9-15-14-5(2)16-9/h3H,1-2H3,(H3,10,11). The van der Waals surface area contributed by atoms with Gasteiger partial charge in [0.2, 0.25) is 0 Å². The molecule has 0 saturated carbocycles. The Labute approximate surface area is 106 Å². The van der Waals surface area contributed by atoms with Gasteiger partial charge in [0, 0.05) is 5.69 Å². The first-order chi connectivity index (χ1) is 8.04. The average molecular weight is 266 g/mol. The van der Waals surface area contributed by atoms with E-state index in [0.29, 0.717) is 10.9 Å². The average Bonchev–Trinajstić information content (AvgIpc) is 2.63. The Morgan fingerprint density at radius 1 is 1.35 bits per heavy atom. The molecule has 6 nitrogen and oxygen atoms in total. The van der Waals surface area contributed by atoms with Gasteiger partial charge in [0.05, 0.1) is 0 Å². The summed E-state index contributed by atoms with van der Waals surface area (Å²) in [5.74, 6) is -0.0641. The summed E-state index contributed by atoms with van der Waals surface area (Å²) in [5.41, 5.74) is 6.61. The SMILES string of the molecule is Cc1cc(C(=N)N)nc(Sc2nnc(C)s2)n1. The first kappa shape index (κ1) is 11.9. The second kappa shape index (κ2) is 4.76. The Morgan fingerprint density at radius 3 is 2.71 bits per heavy atom. The van der Waals surface area contributed by atoms with Crippen LogP contribution in [-0.4, -0.2) is 26.0 Å². The van der Waals surface area contributed by atoms with E-state index < -0.39 is 0 Å². The van der Waals surface area contributed by atoms with Gasteiger partial charge in [0.15, 0.2) is 9.50 Å². The highest BCUT2D eigenvalue weighted by molar-refractivity contribution is 8.00. The molecule has 0 radical (unpaired) electrons. The molecule has 0 atom stereocenters. The van der Waals surface area contributed by atoms with Gasteiger partial charge in [0.25, 0.3) is 0 Å². The molecule has 17 heavy (non-hydrogen) atoms. The number of hydrogen-bond donors (Lipinski definition) is 2. The molecule has 0 fully saturated rings. The quantitative estimate of drug-likeness (QED) is 0.494. The molecule has 88 valence electrons. The summed E-state index contributed by atoms with van der Waals surface area (Å²) < 4.78 is 0.780. The van der Waals surface area contributed by atoms with Crippen LogP contribution >= 0.6 is 23.1 Å². The first-order valence-electron chi connectivity index (χ1n) is 4.72. The summed E-state index contributed by atoms with van der Waals surface area (Å²) in [7, 11) is 0. The lowest BCUT2D eigenvalue weighted by atomic mass is 10.3. The minimum absolute atomic E-state index is 0.0641. The molecule has 0 aliphatic carbocycles. The van der Waals surface area contributed by atoms with Gasteiger partial charge in [-0.25, -0.2) is 9.97 Å². The molecule has 0 aliphatic heterocycles. The van der Waals surface area contributed by atoms with Gasteiger partial charge >= 0.3 is 0 Å². The zero-order valence-electron chi connectivity index (χ0n) is 9.26. The van der Waals surface area contributed by atoms with E-state index in [0.717, 1.165) is 15.0 Å². The van der Waals surface area contributed by atoms with Crippen LogP contribution in [0, 0.1) is 19.3 Å². The van der Waals surface area contributed by atoms with E-state index in [2.05, 4.69) is 20.2 Å². The Balaban J connectivity index is 2.29. The number of nitrogen functional groups attached to an aromatic ring is 1. The predicted octanol–water partition coefficient (Wildman–Crippen LogP) is 1.38. The van der Waals surface area contributed by atoms with Crippen LogP contribution in [0.4, 0.5) is 0 Å². The molecule has 0 aliphatic rings. The lowest BCUT2D eigenvalue weighted by molar-refractivity contribution is 0.914. The first-order valence-corrected chi connectivity index (χ1v) is 6.36. The summed E-state index contributed by atoms with van der Waals surface area (Å²) in [5, 5.41) is 16.7. The fourth-order valence-electron chi connectivity index (χ4n) is 1.12. The molecule has 0 saturated heterocycles. The van der Waals surface area contributed by atoms with Crippen molar-refractivity contribution in [2.45, 2.75) is 23.3 Å². The molecule has 0 spiro atoms. The van der Waals surface area contributed by atoms with Crippen LogP contribution in [0.2, 0.25) is 0 Å². The van der Waals surface area contributed by atoms with E-state index in [-0.39, 0.29) is 5.84 Å². The highest BCUT2D eigenvalue weighted by atomic mass is 32.2. The van der Waals surface area contributed by atoms with Crippen LogP contribution in [0.25, 0.3) is 0 Å². The van der Waals surface area contributed by atoms with Crippen molar-refractivity contribution in [1.29, 1.82) is 5.41 Å². The van der Waals surface area contributed by atoms with Gasteiger partial charge in [-0.05, 0) is 31.7 Å². The number of rotatable bonds is 3. The van der Waals surface area contributed by atoms with Gasteiger partial charge in [-0.15, -0.1) is 10.2 Å². The number of amidine groups is 1. The van der Waals surface area contributed by atoms with Crippen LogP contribution in [0.1, 0.15) is 16.4 Å². The largest absolute Gasteiger partial charge is 0.382 e. The maximum Gasteiger partial charge on any atom is 0.195 e. The molecule has 2 aromatic heterocycles. The van der Waals surface area contributed by atoms with E-state index in [9.17, 15) is 0 Å². The van der Waals surface area contributed by atoms with Crippen molar-refractivity contribution in [2.24, 2.45) is 5.73 Å². The van der Waals surface area contributed by atoms with Crippen molar-refractivity contribution in [3.05, 3.63) is 22.5 Å². The number of nitrogens with one attached hydrogen (secondary N) is 1. The third-order valence-corrected chi connectivity index (χ3v) is 3.55. The summed E-state index contributed by atoms with van der Waals surface area (Å²) >= 11 is 2.80. The third-order valence-electron chi connectivity index (χ3n) is 1.80. The van der Waals surface area contributed by atoms with Crippen LogP contribution in [0.5, 0.6) is 0 Å². The van der Waals surface area contributed by atoms with Gasteiger partial charge in [-0.2, -0.15) is 0 Å². The van der Waals surface area contributed by atoms with Crippen molar-refractivity contribution in [3.63, 3.8) is 0 Å². The summed E-state index contributed by atoms with van der Waals surface area (Å²) in [6, 6.07) is 1.68. The molecule has 0 unspecified atom stereocenters. The van der Waals surface area contributed by atoms with Gasteiger partial charge in [-0.3, -0.25) is 5.41 Å². The smallest absolute Gasteiger partial charge is 0.195 e. The van der Waals surface area contributed by atoms with Crippen molar-refractivity contribution in [2.75, 3.05) is 0 Å². The molecule has 8 heteroatoms. The second-order valence-corrected chi connectivity index (χ2v) is 5.68. The van der Waals surface area contributed by atoms with Crippen molar-refractivity contribution < 1.29 is 0 Å². The maximum atomic E-state index is 7.37. The Morgan fingerprint density at radius 2 is 2.12 bits per heavy atom. The van der Waals surface area contributed by atoms with Gasteiger partial charge in [-0.1, -0.05) is 11.3 Å². The van der Waals surface area contributed by atoms with Crippen LogP contribution in [-0.2, 0) is 0 Å². The zero-order chi connectivity index (χ0) is 12.4. The number of nitrogens with zero attached hydrogens (tertiary/aromatic N) is 4. The van der Waals surface area contributed by atoms with Gasteiger partial charge < -0.3 is 5.73 Å². The molecule has 3 N–H and O–H groups in total. The molecular formula is C9H10N6S2. The molecule has 2 rings (SSSR count). The molecular weight excluding hydrogens is 256 g/mol. The number of aromatic nitrogens is 4. The lowest BCUT2D eigenvalue weighted by Crippen LogP contribution is -2.14.